The van der Waals surface area contributed by atoms with Crippen LogP contribution in [0.25, 0.3) is 11.1 Å². The molecule has 134 valence electrons. The van der Waals surface area contributed by atoms with Crippen LogP contribution in [0.2, 0.25) is 0 Å². The van der Waals surface area contributed by atoms with Gasteiger partial charge in [0.25, 0.3) is 5.56 Å². The van der Waals surface area contributed by atoms with Crippen LogP contribution in [-0.4, -0.2) is 44.5 Å². The first kappa shape index (κ1) is 17.6. The van der Waals surface area contributed by atoms with Crippen molar-refractivity contribution in [2.75, 3.05) is 6.61 Å². The third-order valence-electron chi connectivity index (χ3n) is 4.43. The lowest BCUT2D eigenvalue weighted by molar-refractivity contribution is -0.143. The number of H-pyrrole nitrogens is 1. The van der Waals surface area contributed by atoms with Gasteiger partial charge in [0.2, 0.25) is 0 Å². The fourth-order valence-corrected chi connectivity index (χ4v) is 3.78. The van der Waals surface area contributed by atoms with Crippen LogP contribution in [0.5, 0.6) is 0 Å². The van der Waals surface area contributed by atoms with Gasteiger partial charge in [0.15, 0.2) is 0 Å². The highest BCUT2D eigenvalue weighted by molar-refractivity contribution is 7.08. The van der Waals surface area contributed by atoms with Gasteiger partial charge in [-0.25, -0.2) is 4.79 Å². The van der Waals surface area contributed by atoms with E-state index in [0.29, 0.717) is 11.1 Å². The molecule has 0 amide bonds. The number of aliphatic hydroxyl groups excluding tert-OH is 2. The lowest BCUT2D eigenvalue weighted by atomic mass is 10.1. The number of esters is 1. The van der Waals surface area contributed by atoms with Crippen LogP contribution < -0.4 is 11.2 Å². The van der Waals surface area contributed by atoms with Crippen molar-refractivity contribution in [3.63, 3.8) is 0 Å². The third-order valence-corrected chi connectivity index (χ3v) is 5.11. The maximum absolute atomic E-state index is 12.2. The quantitative estimate of drug-likeness (QED) is 0.661. The van der Waals surface area contributed by atoms with Gasteiger partial charge in [0.05, 0.1) is 24.3 Å². The van der Waals surface area contributed by atoms with Gasteiger partial charge in [-0.05, 0) is 28.8 Å². The molecule has 2 aromatic rings. The number of aromatic amines is 1. The average molecular weight is 366 g/mol. The minimum Gasteiger partial charge on any atom is -0.465 e. The number of carbonyl (C=O) groups is 1. The number of carbonyl (C=O) groups excluding carboxylic acids is 1. The number of rotatable bonds is 4. The monoisotopic (exact) mass is 366 g/mol. The third kappa shape index (κ3) is 3.44. The second-order valence-corrected chi connectivity index (χ2v) is 6.85. The van der Waals surface area contributed by atoms with Gasteiger partial charge in [-0.3, -0.25) is 19.1 Å². The second kappa shape index (κ2) is 6.95. The molecule has 9 heteroatoms. The van der Waals surface area contributed by atoms with Crippen LogP contribution in [-0.2, 0) is 9.53 Å². The van der Waals surface area contributed by atoms with E-state index in [-0.39, 0.29) is 13.0 Å². The van der Waals surface area contributed by atoms with Crippen molar-refractivity contribution < 1.29 is 19.7 Å². The van der Waals surface area contributed by atoms with E-state index < -0.39 is 41.4 Å². The number of ether oxygens (including phenoxy) is 1. The summed E-state index contributed by atoms with van der Waals surface area (Å²) in [6.45, 7) is 1.22. The summed E-state index contributed by atoms with van der Waals surface area (Å²) in [6.07, 6.45) is -0.699. The maximum atomic E-state index is 12.2. The van der Waals surface area contributed by atoms with Crippen molar-refractivity contribution in [2.24, 2.45) is 5.92 Å². The summed E-state index contributed by atoms with van der Waals surface area (Å²) < 4.78 is 6.14. The van der Waals surface area contributed by atoms with Gasteiger partial charge >= 0.3 is 11.7 Å². The zero-order valence-corrected chi connectivity index (χ0v) is 14.2. The van der Waals surface area contributed by atoms with Crippen molar-refractivity contribution in [2.45, 2.75) is 31.6 Å². The SMILES string of the molecule is CC(=O)OC[C@H]1C[C@@H](n2cc(-c3ccsc3)c(=O)[nH]c2=O)[C@H](O)[C@@H]1O. The smallest absolute Gasteiger partial charge is 0.328 e. The molecule has 3 N–H and O–H groups in total. The molecular weight excluding hydrogens is 348 g/mol. The number of aliphatic hydroxyl groups is 2. The molecule has 2 heterocycles. The number of nitrogens with zero attached hydrogens (tertiary/aromatic N) is 1. The highest BCUT2D eigenvalue weighted by Crippen LogP contribution is 2.35. The van der Waals surface area contributed by atoms with Crippen LogP contribution in [0.15, 0.2) is 32.6 Å². The van der Waals surface area contributed by atoms with E-state index in [9.17, 15) is 24.6 Å². The Bertz CT molecular complexity index is 871. The minimum atomic E-state index is -1.21. The lowest BCUT2D eigenvalue weighted by Crippen LogP contribution is -2.37. The summed E-state index contributed by atoms with van der Waals surface area (Å²) in [5.41, 5.74) is -0.187. The average Bonchev–Trinajstić information content (AvgIpc) is 3.17. The second-order valence-electron chi connectivity index (χ2n) is 6.07. The Morgan fingerprint density at radius 1 is 1.40 bits per heavy atom. The van der Waals surface area contributed by atoms with Crippen LogP contribution in [0, 0.1) is 5.92 Å². The molecule has 0 saturated heterocycles. The maximum Gasteiger partial charge on any atom is 0.328 e. The molecule has 0 aliphatic heterocycles. The largest absolute Gasteiger partial charge is 0.465 e. The summed E-state index contributed by atoms with van der Waals surface area (Å²) in [6, 6.07) is 1.03. The predicted octanol–water partition coefficient (Wildman–Crippen LogP) is 0.111. The van der Waals surface area contributed by atoms with Gasteiger partial charge in [-0.2, -0.15) is 11.3 Å². The van der Waals surface area contributed by atoms with Crippen molar-refractivity contribution in [1.82, 2.24) is 9.55 Å². The molecule has 25 heavy (non-hydrogen) atoms. The molecule has 4 atom stereocenters. The van der Waals surface area contributed by atoms with Crippen molar-refractivity contribution in [3.8, 4) is 11.1 Å². The minimum absolute atomic E-state index is 0.0421. The standard InChI is InChI=1S/C16H18N2O6S/c1-8(19)24-6-10-4-12(14(21)13(10)20)18-5-11(9-2-3-25-7-9)15(22)17-16(18)23/h2-3,5,7,10,12-14,20-21H,4,6H2,1H3,(H,17,22,23)/t10-,12-,13-,14+/m1/s1. The molecule has 0 bridgehead atoms. The molecule has 1 aliphatic rings. The Morgan fingerprint density at radius 3 is 2.80 bits per heavy atom. The Hall–Kier alpha value is -2.23. The number of thiophene rings is 1. The molecule has 8 nitrogen and oxygen atoms in total. The summed E-state index contributed by atoms with van der Waals surface area (Å²) in [5, 5.41) is 24.1. The normalized spacial score (nSPS) is 25.9. The van der Waals surface area contributed by atoms with Crippen LogP contribution in [0.3, 0.4) is 0 Å². The first-order chi connectivity index (χ1) is 11.9. The van der Waals surface area contributed by atoms with Crippen LogP contribution >= 0.6 is 11.3 Å². The number of hydrogen-bond donors (Lipinski definition) is 3. The van der Waals surface area contributed by atoms with Gasteiger partial charge in [0.1, 0.15) is 6.10 Å². The first-order valence-electron chi connectivity index (χ1n) is 7.76. The van der Waals surface area contributed by atoms with E-state index in [1.54, 1.807) is 11.4 Å². The summed E-state index contributed by atoms with van der Waals surface area (Å²) in [7, 11) is 0. The summed E-state index contributed by atoms with van der Waals surface area (Å²) in [4.78, 5) is 37.5. The first-order valence-corrected chi connectivity index (χ1v) is 8.70. The fourth-order valence-electron chi connectivity index (χ4n) is 3.12. The number of aromatic nitrogens is 2. The van der Waals surface area contributed by atoms with E-state index in [1.807, 2.05) is 5.38 Å². The molecule has 2 aromatic heterocycles. The molecule has 1 aliphatic carbocycles. The zero-order chi connectivity index (χ0) is 18.1. The highest BCUT2D eigenvalue weighted by atomic mass is 32.1. The Kier molecular flexibility index (Phi) is 4.89. The summed E-state index contributed by atoms with van der Waals surface area (Å²) >= 11 is 1.42. The topological polar surface area (TPSA) is 122 Å². The molecule has 0 radical (unpaired) electrons. The van der Waals surface area contributed by atoms with E-state index in [0.717, 1.165) is 0 Å². The molecule has 1 saturated carbocycles. The predicted molar refractivity (Wildman–Crippen MR) is 90.4 cm³/mol. The Labute approximate surface area is 146 Å². The van der Waals surface area contributed by atoms with E-state index in [1.165, 1.54) is 29.0 Å². The molecular formula is C16H18N2O6S. The van der Waals surface area contributed by atoms with Crippen LogP contribution in [0.4, 0.5) is 0 Å². The fraction of sp³-hybridized carbons (Fsp3) is 0.438. The van der Waals surface area contributed by atoms with E-state index in [2.05, 4.69) is 4.98 Å². The highest BCUT2D eigenvalue weighted by Gasteiger charge is 2.43. The van der Waals surface area contributed by atoms with Crippen molar-refractivity contribution in [1.29, 1.82) is 0 Å². The molecule has 3 rings (SSSR count). The number of hydrogen-bond acceptors (Lipinski definition) is 7. The van der Waals surface area contributed by atoms with E-state index >= 15 is 0 Å². The van der Waals surface area contributed by atoms with Crippen LogP contribution in [0.1, 0.15) is 19.4 Å². The molecule has 0 spiro atoms. The number of nitrogens with one attached hydrogen (secondary N) is 1. The lowest BCUT2D eigenvalue weighted by Gasteiger charge is -2.19. The van der Waals surface area contributed by atoms with Crippen molar-refractivity contribution >= 4 is 17.3 Å². The molecule has 1 fully saturated rings. The zero-order valence-electron chi connectivity index (χ0n) is 13.4. The molecule has 0 unspecified atom stereocenters. The van der Waals surface area contributed by atoms with Gasteiger partial charge < -0.3 is 14.9 Å². The Morgan fingerprint density at radius 2 is 2.16 bits per heavy atom. The van der Waals surface area contributed by atoms with Gasteiger partial charge in [-0.15, -0.1) is 0 Å². The summed E-state index contributed by atoms with van der Waals surface area (Å²) in [5.74, 6) is -0.974. The Balaban J connectivity index is 1.93. The van der Waals surface area contributed by atoms with E-state index in [4.69, 9.17) is 4.74 Å². The van der Waals surface area contributed by atoms with Gasteiger partial charge in [-0.1, -0.05) is 0 Å². The van der Waals surface area contributed by atoms with Gasteiger partial charge in [0, 0.05) is 19.0 Å². The molecule has 0 aromatic carbocycles. The van der Waals surface area contributed by atoms with Crippen molar-refractivity contribution in [3.05, 3.63) is 43.9 Å².